The van der Waals surface area contributed by atoms with Crippen molar-refractivity contribution >= 4 is 34.5 Å². The fourth-order valence-corrected chi connectivity index (χ4v) is 3.54. The molecule has 0 aliphatic rings. The van der Waals surface area contributed by atoms with Gasteiger partial charge in [0.15, 0.2) is 11.2 Å². The number of carbonyl (C=O) groups is 1. The van der Waals surface area contributed by atoms with Gasteiger partial charge in [-0.25, -0.2) is 9.97 Å². The third kappa shape index (κ3) is 4.03. The van der Waals surface area contributed by atoms with E-state index in [1.165, 1.54) is 18.1 Å². The van der Waals surface area contributed by atoms with Gasteiger partial charge in [0.25, 0.3) is 0 Å². The van der Waals surface area contributed by atoms with Gasteiger partial charge in [0.05, 0.1) is 31.3 Å². The number of para-hydroxylation sites is 1. The number of hydrogen-bond donors (Lipinski definition) is 1. The van der Waals surface area contributed by atoms with Gasteiger partial charge >= 0.3 is 0 Å². The van der Waals surface area contributed by atoms with Crippen LogP contribution in [0.1, 0.15) is 0 Å². The quantitative estimate of drug-likeness (QED) is 0.358. The molecule has 4 aromatic rings. The minimum absolute atomic E-state index is 0.130. The minimum Gasteiger partial charge on any atom is -0.497 e. The Balaban J connectivity index is 1.50. The number of nitrogens with one attached hydrogen (secondary N) is 1. The highest BCUT2D eigenvalue weighted by Gasteiger charge is 2.15. The van der Waals surface area contributed by atoms with E-state index in [1.807, 2.05) is 30.3 Å². The summed E-state index contributed by atoms with van der Waals surface area (Å²) in [6.45, 7) is 0. The van der Waals surface area contributed by atoms with Gasteiger partial charge in [-0.3, -0.25) is 4.79 Å². The van der Waals surface area contributed by atoms with E-state index in [9.17, 15) is 4.79 Å². The smallest absolute Gasteiger partial charge is 0.234 e. The monoisotopic (exact) mass is 422 g/mol. The van der Waals surface area contributed by atoms with Crippen LogP contribution >= 0.6 is 11.8 Å². The van der Waals surface area contributed by atoms with Crippen LogP contribution in [0.2, 0.25) is 0 Å². The Bertz CT molecular complexity index is 1180. The predicted octanol–water partition coefficient (Wildman–Crippen LogP) is 2.96. The fraction of sp³-hybridized carbons (Fsp3) is 0.150. The predicted molar refractivity (Wildman–Crippen MR) is 113 cm³/mol. The second-order valence-corrected chi connectivity index (χ2v) is 7.05. The second-order valence-electron chi connectivity index (χ2n) is 6.09. The molecule has 2 aromatic carbocycles. The van der Waals surface area contributed by atoms with E-state index in [-0.39, 0.29) is 11.7 Å². The Labute approximate surface area is 176 Å². The molecule has 0 aliphatic heterocycles. The Hall–Kier alpha value is -3.66. The molecule has 0 radical (unpaired) electrons. The van der Waals surface area contributed by atoms with Crippen LogP contribution in [0.5, 0.6) is 11.5 Å². The molecule has 2 heterocycles. The Morgan fingerprint density at radius 3 is 2.70 bits per heavy atom. The fourth-order valence-electron chi connectivity index (χ4n) is 2.81. The molecule has 2 aromatic heterocycles. The van der Waals surface area contributed by atoms with Crippen molar-refractivity contribution in [1.82, 2.24) is 25.0 Å². The summed E-state index contributed by atoms with van der Waals surface area (Å²) in [5.74, 6) is 1.08. The molecule has 1 N–H and O–H groups in total. The highest BCUT2D eigenvalue weighted by Crippen LogP contribution is 2.29. The van der Waals surface area contributed by atoms with E-state index in [0.29, 0.717) is 33.4 Å². The number of rotatable bonds is 7. The highest BCUT2D eigenvalue weighted by atomic mass is 32.2. The molecule has 10 heteroatoms. The number of fused-ring (bicyclic) bond motifs is 1. The SMILES string of the molecule is COc1ccc(OC)c(NC(=O)CSc2ncnc3c2nnn3-c2ccccc2)c1. The number of carbonyl (C=O) groups excluding carboxylic acids is 1. The number of ether oxygens (including phenoxy) is 2. The molecule has 4 rings (SSSR count). The molecule has 1 amide bonds. The molecule has 0 bridgehead atoms. The van der Waals surface area contributed by atoms with E-state index >= 15 is 0 Å². The summed E-state index contributed by atoms with van der Waals surface area (Å²) >= 11 is 1.26. The largest absolute Gasteiger partial charge is 0.497 e. The van der Waals surface area contributed by atoms with Crippen LogP contribution in [0, 0.1) is 0 Å². The highest BCUT2D eigenvalue weighted by molar-refractivity contribution is 8.00. The number of anilines is 1. The van der Waals surface area contributed by atoms with Crippen molar-refractivity contribution in [3.63, 3.8) is 0 Å². The van der Waals surface area contributed by atoms with Crippen LogP contribution in [-0.4, -0.2) is 50.8 Å². The molecule has 0 atom stereocenters. The molecule has 0 aliphatic carbocycles. The van der Waals surface area contributed by atoms with E-state index < -0.39 is 0 Å². The standard InChI is InChI=1S/C20H18N6O3S/c1-28-14-8-9-16(29-2)15(10-14)23-17(27)11-30-20-18-19(21-12-22-20)26(25-24-18)13-6-4-3-5-7-13/h3-10,12H,11H2,1-2H3,(H,23,27). The first kappa shape index (κ1) is 19.6. The lowest BCUT2D eigenvalue weighted by Crippen LogP contribution is -2.15. The first-order valence-corrected chi connectivity index (χ1v) is 9.94. The van der Waals surface area contributed by atoms with Gasteiger partial charge < -0.3 is 14.8 Å². The second kappa shape index (κ2) is 8.78. The first-order chi connectivity index (χ1) is 14.7. The maximum absolute atomic E-state index is 12.5. The third-order valence-electron chi connectivity index (χ3n) is 4.23. The van der Waals surface area contributed by atoms with Gasteiger partial charge in [0.1, 0.15) is 22.9 Å². The van der Waals surface area contributed by atoms with Gasteiger partial charge in [-0.2, -0.15) is 4.68 Å². The van der Waals surface area contributed by atoms with Gasteiger partial charge in [-0.1, -0.05) is 35.2 Å². The molecule has 0 saturated carbocycles. The van der Waals surface area contributed by atoms with Crippen LogP contribution in [-0.2, 0) is 4.79 Å². The zero-order chi connectivity index (χ0) is 20.9. The molecule has 9 nitrogen and oxygen atoms in total. The molecule has 0 fully saturated rings. The van der Waals surface area contributed by atoms with Crippen molar-refractivity contribution in [2.45, 2.75) is 5.03 Å². The van der Waals surface area contributed by atoms with Crippen LogP contribution in [0.4, 0.5) is 5.69 Å². The van der Waals surface area contributed by atoms with E-state index in [2.05, 4.69) is 25.6 Å². The topological polar surface area (TPSA) is 104 Å². The van der Waals surface area contributed by atoms with Gasteiger partial charge in [0, 0.05) is 6.07 Å². The lowest BCUT2D eigenvalue weighted by atomic mass is 10.2. The van der Waals surface area contributed by atoms with Crippen molar-refractivity contribution < 1.29 is 14.3 Å². The van der Waals surface area contributed by atoms with Crippen molar-refractivity contribution in [2.75, 3.05) is 25.3 Å². The lowest BCUT2D eigenvalue weighted by Gasteiger charge is -2.11. The third-order valence-corrected chi connectivity index (χ3v) is 5.20. The molecule has 0 spiro atoms. The summed E-state index contributed by atoms with van der Waals surface area (Å²) in [5, 5.41) is 11.8. The average molecular weight is 422 g/mol. The van der Waals surface area contributed by atoms with Crippen molar-refractivity contribution in [3.8, 4) is 17.2 Å². The summed E-state index contributed by atoms with van der Waals surface area (Å²) in [6, 6.07) is 14.8. The molecule has 30 heavy (non-hydrogen) atoms. The summed E-state index contributed by atoms with van der Waals surface area (Å²) in [7, 11) is 3.10. The van der Waals surface area contributed by atoms with Crippen LogP contribution < -0.4 is 14.8 Å². The minimum atomic E-state index is -0.214. The molecular weight excluding hydrogens is 404 g/mol. The molecule has 152 valence electrons. The number of methoxy groups -OCH3 is 2. The van der Waals surface area contributed by atoms with Crippen molar-refractivity contribution in [3.05, 3.63) is 54.9 Å². The molecular formula is C20H18N6O3S. The van der Waals surface area contributed by atoms with E-state index in [1.54, 1.807) is 37.1 Å². The number of hydrogen-bond acceptors (Lipinski definition) is 8. The number of nitrogens with zero attached hydrogens (tertiary/aromatic N) is 5. The lowest BCUT2D eigenvalue weighted by molar-refractivity contribution is -0.113. The number of amides is 1. The van der Waals surface area contributed by atoms with Crippen molar-refractivity contribution in [2.24, 2.45) is 0 Å². The summed E-state index contributed by atoms with van der Waals surface area (Å²) in [4.78, 5) is 21.1. The first-order valence-electron chi connectivity index (χ1n) is 8.96. The Morgan fingerprint density at radius 2 is 1.93 bits per heavy atom. The van der Waals surface area contributed by atoms with Crippen LogP contribution in [0.15, 0.2) is 59.9 Å². The van der Waals surface area contributed by atoms with E-state index in [0.717, 1.165) is 5.69 Å². The average Bonchev–Trinajstić information content (AvgIpc) is 3.23. The normalized spacial score (nSPS) is 10.7. The number of benzene rings is 2. The Kier molecular flexibility index (Phi) is 5.75. The summed E-state index contributed by atoms with van der Waals surface area (Å²) < 4.78 is 12.1. The molecule has 0 unspecified atom stereocenters. The van der Waals surface area contributed by atoms with Crippen LogP contribution in [0.3, 0.4) is 0 Å². The Morgan fingerprint density at radius 1 is 1.10 bits per heavy atom. The summed E-state index contributed by atoms with van der Waals surface area (Å²) in [6.07, 6.45) is 1.44. The van der Waals surface area contributed by atoms with Gasteiger partial charge in [-0.15, -0.1) is 5.10 Å². The van der Waals surface area contributed by atoms with E-state index in [4.69, 9.17) is 9.47 Å². The molecule has 0 saturated heterocycles. The number of aromatic nitrogens is 5. The summed E-state index contributed by atoms with van der Waals surface area (Å²) in [5.41, 5.74) is 2.49. The van der Waals surface area contributed by atoms with Crippen LogP contribution in [0.25, 0.3) is 16.9 Å². The maximum Gasteiger partial charge on any atom is 0.234 e. The maximum atomic E-state index is 12.5. The zero-order valence-electron chi connectivity index (χ0n) is 16.3. The van der Waals surface area contributed by atoms with Crippen molar-refractivity contribution in [1.29, 1.82) is 0 Å². The van der Waals surface area contributed by atoms with Gasteiger partial charge in [0.2, 0.25) is 5.91 Å². The number of thioether (sulfide) groups is 1. The zero-order valence-corrected chi connectivity index (χ0v) is 17.1. The van der Waals surface area contributed by atoms with Gasteiger partial charge in [-0.05, 0) is 24.3 Å².